The van der Waals surface area contributed by atoms with E-state index in [1.165, 1.54) is 18.2 Å². The first-order valence-corrected chi connectivity index (χ1v) is 8.38. The van der Waals surface area contributed by atoms with Gasteiger partial charge < -0.3 is 20.1 Å². The molecule has 120 valence electrons. The Kier molecular flexibility index (Phi) is 4.41. The highest BCUT2D eigenvalue weighted by Crippen LogP contribution is 2.40. The molecule has 4 unspecified atom stereocenters. The minimum atomic E-state index is -1.71. The summed E-state index contributed by atoms with van der Waals surface area (Å²) < 4.78 is 25.6. The molecule has 1 aromatic carbocycles. The van der Waals surface area contributed by atoms with Crippen LogP contribution in [0.3, 0.4) is 0 Å². The molecule has 0 bridgehead atoms. The van der Waals surface area contributed by atoms with Crippen molar-refractivity contribution in [1.29, 1.82) is 5.26 Å². The Morgan fingerprint density at radius 1 is 1.48 bits per heavy atom. The molecule has 7 heteroatoms. The van der Waals surface area contributed by atoms with E-state index in [2.05, 4.69) is 5.32 Å². The molecule has 0 saturated carbocycles. The number of anilines is 1. The van der Waals surface area contributed by atoms with Gasteiger partial charge in [-0.1, -0.05) is 18.2 Å². The van der Waals surface area contributed by atoms with E-state index >= 15 is 0 Å². The largest absolute Gasteiger partial charge is 0.614 e. The number of halogens is 1. The Morgan fingerprint density at radius 3 is 2.96 bits per heavy atom. The van der Waals surface area contributed by atoms with Crippen LogP contribution in [0, 0.1) is 23.1 Å². The van der Waals surface area contributed by atoms with Gasteiger partial charge in [-0.3, -0.25) is 0 Å². The standard InChI is InChI=1S/C16H15FN2O3S/c17-11-2-1-3-12(7-11)19-15(20)13-6-9-4-5-10(8-18)14(9)23(22)16(13)21/h1-3,5-7,9,14-16,19-21H,4H2/t9?,14?,15?,16-,23?/m0/s1. The van der Waals surface area contributed by atoms with Crippen LogP contribution in [-0.2, 0) is 11.2 Å². The molecule has 3 N–H and O–H groups in total. The van der Waals surface area contributed by atoms with Gasteiger partial charge in [0, 0.05) is 11.6 Å². The Labute approximate surface area is 135 Å². The second-order valence-electron chi connectivity index (χ2n) is 5.50. The van der Waals surface area contributed by atoms with E-state index in [1.54, 1.807) is 18.2 Å². The lowest BCUT2D eigenvalue weighted by Gasteiger charge is -2.34. The van der Waals surface area contributed by atoms with Crippen molar-refractivity contribution < 1.29 is 19.2 Å². The number of hydrogen-bond acceptors (Lipinski definition) is 5. The molecule has 0 amide bonds. The van der Waals surface area contributed by atoms with Crippen molar-refractivity contribution in [2.75, 3.05) is 5.32 Å². The maximum absolute atomic E-state index is 13.2. The molecule has 1 heterocycles. The van der Waals surface area contributed by atoms with Gasteiger partial charge >= 0.3 is 0 Å². The van der Waals surface area contributed by atoms with Gasteiger partial charge in [0.15, 0.2) is 11.5 Å². The van der Waals surface area contributed by atoms with Gasteiger partial charge in [0.05, 0.1) is 17.2 Å². The van der Waals surface area contributed by atoms with Gasteiger partial charge in [0.2, 0.25) is 5.44 Å². The van der Waals surface area contributed by atoms with Crippen LogP contribution in [0.15, 0.2) is 47.6 Å². The maximum atomic E-state index is 13.2. The third-order valence-electron chi connectivity index (χ3n) is 4.04. The molecule has 5 atom stereocenters. The number of fused-ring (bicyclic) bond motifs is 1. The smallest absolute Gasteiger partial charge is 0.240 e. The van der Waals surface area contributed by atoms with Crippen molar-refractivity contribution in [3.8, 4) is 6.07 Å². The van der Waals surface area contributed by atoms with Gasteiger partial charge in [0.25, 0.3) is 0 Å². The fraction of sp³-hybridized carbons (Fsp3) is 0.312. The molecule has 0 fully saturated rings. The molecule has 3 rings (SSSR count). The number of benzene rings is 1. The van der Waals surface area contributed by atoms with Crippen molar-refractivity contribution in [3.63, 3.8) is 0 Å². The highest BCUT2D eigenvalue weighted by Gasteiger charge is 2.48. The Hall–Kier alpha value is -1.85. The third kappa shape index (κ3) is 2.99. The highest BCUT2D eigenvalue weighted by molar-refractivity contribution is 7.93. The summed E-state index contributed by atoms with van der Waals surface area (Å²) >= 11 is -1.71. The van der Waals surface area contributed by atoms with Crippen molar-refractivity contribution in [1.82, 2.24) is 0 Å². The van der Waals surface area contributed by atoms with E-state index in [1.807, 2.05) is 6.07 Å². The summed E-state index contributed by atoms with van der Waals surface area (Å²) in [7, 11) is 0. The molecular weight excluding hydrogens is 319 g/mol. The average Bonchev–Trinajstić information content (AvgIpc) is 2.94. The first-order chi connectivity index (χ1) is 11.0. The van der Waals surface area contributed by atoms with Crippen LogP contribution in [0.4, 0.5) is 10.1 Å². The number of hydrogen-bond donors (Lipinski definition) is 3. The van der Waals surface area contributed by atoms with Crippen LogP contribution in [0.25, 0.3) is 0 Å². The monoisotopic (exact) mass is 334 g/mol. The SMILES string of the molecule is N#CC1=CCC2C=C(C(O)Nc3cccc(F)c3)[C@@H](O)[S+]([O-])C12. The molecular formula is C16H15FN2O3S. The van der Waals surface area contributed by atoms with Crippen LogP contribution >= 0.6 is 0 Å². The van der Waals surface area contributed by atoms with Crippen molar-refractivity contribution in [3.05, 3.63) is 53.4 Å². The Balaban J connectivity index is 1.81. The minimum absolute atomic E-state index is 0.182. The molecule has 5 nitrogen and oxygen atoms in total. The van der Waals surface area contributed by atoms with E-state index in [9.17, 15) is 19.2 Å². The van der Waals surface area contributed by atoms with Gasteiger partial charge in [-0.15, -0.1) is 0 Å². The predicted molar refractivity (Wildman–Crippen MR) is 83.9 cm³/mol. The number of rotatable bonds is 3. The molecule has 1 aliphatic heterocycles. The lowest BCUT2D eigenvalue weighted by Crippen LogP contribution is -2.44. The fourth-order valence-electron chi connectivity index (χ4n) is 2.94. The second-order valence-corrected chi connectivity index (χ2v) is 7.11. The van der Waals surface area contributed by atoms with Crippen molar-refractivity contribution >= 4 is 16.9 Å². The number of aliphatic hydroxyl groups is 2. The average molecular weight is 334 g/mol. The van der Waals surface area contributed by atoms with Crippen LogP contribution in [-0.4, -0.2) is 31.7 Å². The number of allylic oxidation sites excluding steroid dienone is 2. The lowest BCUT2D eigenvalue weighted by atomic mass is 9.99. The van der Waals surface area contributed by atoms with E-state index < -0.39 is 33.9 Å². The molecule has 1 aromatic rings. The molecule has 0 radical (unpaired) electrons. The third-order valence-corrected chi connectivity index (χ3v) is 5.86. The van der Waals surface area contributed by atoms with Crippen molar-refractivity contribution in [2.45, 2.75) is 23.3 Å². The summed E-state index contributed by atoms with van der Waals surface area (Å²) in [5.41, 5.74) is -0.431. The zero-order valence-corrected chi connectivity index (χ0v) is 12.8. The normalized spacial score (nSPS) is 30.7. The minimum Gasteiger partial charge on any atom is -0.614 e. The number of nitrogens with zero attached hydrogens (tertiary/aromatic N) is 1. The van der Waals surface area contributed by atoms with E-state index in [0.717, 1.165) is 0 Å². The first kappa shape index (κ1) is 16.0. The summed E-state index contributed by atoms with van der Waals surface area (Å²) in [5.74, 6) is -0.643. The summed E-state index contributed by atoms with van der Waals surface area (Å²) in [6, 6.07) is 7.57. The summed E-state index contributed by atoms with van der Waals surface area (Å²) in [6.07, 6.45) is 2.63. The van der Waals surface area contributed by atoms with E-state index in [0.29, 0.717) is 17.7 Å². The molecule has 1 aliphatic carbocycles. The highest BCUT2D eigenvalue weighted by atomic mass is 32.2. The Morgan fingerprint density at radius 2 is 2.26 bits per heavy atom. The van der Waals surface area contributed by atoms with Gasteiger partial charge in [-0.05, 0) is 35.8 Å². The van der Waals surface area contributed by atoms with Crippen LogP contribution in [0.1, 0.15) is 6.42 Å². The molecule has 23 heavy (non-hydrogen) atoms. The summed E-state index contributed by atoms with van der Waals surface area (Å²) in [6.45, 7) is 0. The fourth-order valence-corrected chi connectivity index (χ4v) is 4.63. The molecule has 2 aliphatic rings. The molecule has 0 aromatic heterocycles. The van der Waals surface area contributed by atoms with Crippen LogP contribution in [0.2, 0.25) is 0 Å². The van der Waals surface area contributed by atoms with Crippen LogP contribution in [0.5, 0.6) is 0 Å². The van der Waals surface area contributed by atoms with Gasteiger partial charge in [-0.25, -0.2) is 4.39 Å². The Bertz CT molecular complexity index is 716. The van der Waals surface area contributed by atoms with Gasteiger partial charge in [-0.2, -0.15) is 5.26 Å². The van der Waals surface area contributed by atoms with Crippen LogP contribution < -0.4 is 5.32 Å². The van der Waals surface area contributed by atoms with Crippen molar-refractivity contribution in [2.24, 2.45) is 5.92 Å². The summed E-state index contributed by atoms with van der Waals surface area (Å²) in [5, 5.41) is 31.7. The molecule has 0 saturated heterocycles. The number of nitrogens with one attached hydrogen (secondary N) is 1. The molecule has 0 spiro atoms. The first-order valence-electron chi connectivity index (χ1n) is 7.10. The number of aliphatic hydroxyl groups excluding tert-OH is 2. The van der Waals surface area contributed by atoms with E-state index in [-0.39, 0.29) is 11.5 Å². The predicted octanol–water partition coefficient (Wildman–Crippen LogP) is 1.40. The quantitative estimate of drug-likeness (QED) is 0.441. The zero-order chi connectivity index (χ0) is 16.6. The van der Waals surface area contributed by atoms with E-state index in [4.69, 9.17) is 5.26 Å². The summed E-state index contributed by atoms with van der Waals surface area (Å²) in [4.78, 5) is 0. The number of nitriles is 1. The lowest BCUT2D eigenvalue weighted by molar-refractivity contribution is 0.190. The topological polar surface area (TPSA) is 99.3 Å². The van der Waals surface area contributed by atoms with Gasteiger partial charge in [0.1, 0.15) is 5.82 Å². The maximum Gasteiger partial charge on any atom is 0.240 e. The second kappa shape index (κ2) is 6.34. The zero-order valence-electron chi connectivity index (χ0n) is 12.0.